The van der Waals surface area contributed by atoms with Gasteiger partial charge < -0.3 is 18.9 Å². The average Bonchev–Trinajstić information content (AvgIpc) is 0.733. The van der Waals surface area contributed by atoms with E-state index in [-0.39, 0.29) is 5.92 Å². The molecule has 0 N–H and O–H groups in total. The molecule has 0 saturated carbocycles. The zero-order valence-electron chi connectivity index (χ0n) is 57.7. The second-order valence-electron chi connectivity index (χ2n) is 26.8. The monoisotopic (exact) mass is 1630 g/mol. The lowest BCUT2D eigenvalue weighted by molar-refractivity contribution is 0.172. The van der Waals surface area contributed by atoms with Gasteiger partial charge >= 0.3 is 0 Å². The van der Waals surface area contributed by atoms with Gasteiger partial charge in [0.25, 0.3) is 0 Å². The van der Waals surface area contributed by atoms with Crippen molar-refractivity contribution in [2.45, 2.75) is 89.1 Å². The smallest absolute Gasteiger partial charge is 0.162 e. The minimum Gasteiger partial charge on any atom is -0.486 e. The predicted octanol–water partition coefficient (Wildman–Crippen LogP) is 28.2. The van der Waals surface area contributed by atoms with Gasteiger partial charge in [-0.25, -0.2) is 0 Å². The highest BCUT2D eigenvalue weighted by Crippen LogP contribution is 2.55. The van der Waals surface area contributed by atoms with Gasteiger partial charge in [-0.3, -0.25) is 0 Å². The summed E-state index contributed by atoms with van der Waals surface area (Å²) in [6.07, 6.45) is 6.68. The van der Waals surface area contributed by atoms with Crippen LogP contribution in [0.1, 0.15) is 22.6 Å². The van der Waals surface area contributed by atoms with Gasteiger partial charge in [0.05, 0.1) is 0 Å². The Morgan fingerprint density at radius 1 is 0.226 bits per heavy atom. The Labute approximate surface area is 675 Å². The van der Waals surface area contributed by atoms with Crippen molar-refractivity contribution in [3.8, 4) is 23.0 Å². The van der Waals surface area contributed by atoms with Crippen molar-refractivity contribution in [2.24, 2.45) is 0 Å². The average molecular weight is 1630 g/mol. The Morgan fingerprint density at radius 3 is 0.604 bits per heavy atom. The maximum atomic E-state index is 6.26. The molecule has 6 aliphatic heterocycles. The molecular weight excluding hydrogens is 1570 g/mol. The van der Waals surface area contributed by atoms with E-state index in [1.807, 2.05) is 153 Å². The van der Waals surface area contributed by atoms with Crippen LogP contribution in [-0.2, 0) is 0 Å². The molecule has 106 heavy (non-hydrogen) atoms. The minimum absolute atomic E-state index is 0.0332. The van der Waals surface area contributed by atoms with Crippen LogP contribution in [0.25, 0.3) is 97.0 Å². The fourth-order valence-corrected chi connectivity index (χ4v) is 30.3. The molecule has 6 aliphatic rings. The summed E-state index contributed by atoms with van der Waals surface area (Å²) in [7, 11) is 0. The highest BCUT2D eigenvalue weighted by molar-refractivity contribution is 8.07. The van der Waals surface area contributed by atoms with E-state index < -0.39 is 0 Å². The number of fused-ring (bicyclic) bond motifs is 24. The molecule has 18 heteroatoms. The highest BCUT2D eigenvalue weighted by Gasteiger charge is 2.28. The van der Waals surface area contributed by atoms with Gasteiger partial charge in [-0.1, -0.05) is 71.7 Å². The molecule has 6 heterocycles. The fourth-order valence-electron chi connectivity index (χ4n) is 16.1. The molecule has 0 atom stereocenters. The predicted molar refractivity (Wildman–Crippen MR) is 473 cm³/mol. The van der Waals surface area contributed by atoms with Crippen LogP contribution in [0, 0.1) is 0 Å². The Kier molecular flexibility index (Phi) is 18.7. The topological polar surface area (TPSA) is 36.9 Å². The van der Waals surface area contributed by atoms with Crippen molar-refractivity contribution in [2.75, 3.05) is 91.2 Å². The number of thioether (sulfide) groups is 11. The van der Waals surface area contributed by atoms with E-state index in [0.717, 1.165) is 96.0 Å². The van der Waals surface area contributed by atoms with Crippen molar-refractivity contribution >= 4 is 262 Å². The lowest BCUT2D eigenvalue weighted by Crippen LogP contribution is -2.15. The molecule has 0 aromatic heterocycles. The van der Waals surface area contributed by atoms with Crippen LogP contribution < -0.4 is 18.9 Å². The molecule has 4 nitrogen and oxygen atoms in total. The van der Waals surface area contributed by atoms with Crippen LogP contribution >= 0.6 is 165 Å². The molecule has 0 unspecified atom stereocenters. The van der Waals surface area contributed by atoms with Crippen LogP contribution in [0.5, 0.6) is 23.0 Å². The molecule has 15 aromatic carbocycles. The Bertz CT molecular complexity index is 5510. The summed E-state index contributed by atoms with van der Waals surface area (Å²) < 4.78 is 24.9. The maximum absolute atomic E-state index is 6.26. The van der Waals surface area contributed by atoms with Crippen molar-refractivity contribution in [1.82, 2.24) is 0 Å². The summed E-state index contributed by atoms with van der Waals surface area (Å²) in [6, 6.07) is 72.2. The van der Waals surface area contributed by atoms with E-state index in [1.54, 1.807) is 11.8 Å². The number of rotatable bonds is 12. The summed E-state index contributed by atoms with van der Waals surface area (Å²) >= 11 is 27.3. The largest absolute Gasteiger partial charge is 0.486 e. The van der Waals surface area contributed by atoms with Crippen molar-refractivity contribution in [3.05, 3.63) is 199 Å². The van der Waals surface area contributed by atoms with Crippen LogP contribution in [0.2, 0.25) is 0 Å². The summed E-state index contributed by atoms with van der Waals surface area (Å²) in [4.78, 5) is 22.7. The SMILES string of the molecule is CSc1cc2c3cc4c(cc3c3cc5c(cc3c2cc1Sc1ccc(C(c2ccc(Sc3cc6c(cc3SC)c3cc7c(cc3c3cc8c(cc36)SCCS8)SCCS7)cc2)c2ccc(Sc3cc6c(cc3SC)c3cc7c(cc3c3cc8c(cc36)SCCS8)SCCS7)cc2)cc1)OCCO5)OCCO4. The molecule has 0 spiro atoms. The molecule has 0 radical (unpaired) electrons. The van der Waals surface area contributed by atoms with E-state index in [1.165, 1.54) is 170 Å². The van der Waals surface area contributed by atoms with Gasteiger partial charge in [-0.2, -0.15) is 0 Å². The molecule has 0 aliphatic carbocycles. The minimum atomic E-state index is -0.0332. The van der Waals surface area contributed by atoms with E-state index in [9.17, 15) is 0 Å². The van der Waals surface area contributed by atoms with E-state index in [0.29, 0.717) is 26.4 Å². The van der Waals surface area contributed by atoms with Crippen molar-refractivity contribution in [1.29, 1.82) is 0 Å². The summed E-state index contributed by atoms with van der Waals surface area (Å²) in [6.45, 7) is 2.10. The van der Waals surface area contributed by atoms with Crippen LogP contribution in [0.15, 0.2) is 265 Å². The first-order valence-corrected chi connectivity index (χ1v) is 49.5. The quantitative estimate of drug-likeness (QED) is 0.0661. The Hall–Kier alpha value is -5.26. The first kappa shape index (κ1) is 68.7. The number of hydrogen-bond donors (Lipinski definition) is 0. The third-order valence-corrected chi connectivity index (χ3v) is 36.9. The van der Waals surface area contributed by atoms with Crippen molar-refractivity contribution < 1.29 is 18.9 Å². The number of ether oxygens (including phenoxy) is 4. The Balaban J connectivity index is 0.655. The summed E-state index contributed by atoms with van der Waals surface area (Å²) in [5, 5.41) is 23.2. The third-order valence-electron chi connectivity index (χ3n) is 20.9. The summed E-state index contributed by atoms with van der Waals surface area (Å²) in [5.41, 5.74) is 3.77. The highest BCUT2D eigenvalue weighted by atomic mass is 32.2. The standard InChI is InChI=1S/C88H64O4S14/c1-93-74-32-56-54-30-72-70(89-16-18-91-72)28-52(54)53-29-71-73(92-19-17-90-71)31-55(53)67(56)43-85(74)104-49-10-4-46(5-11-49)88(47-6-12-50(13-7-47)105-86-44-68-57(33-75(86)94-2)59-35-77-79(98-22-20-96-77)37-61(59)63-39-81-83(41-65(63)68)102-26-24-100-81)48-8-14-51(15-9-48)106-87-45-69-58(34-76(87)95-3)60-36-78-80(99-23-21-97-78)38-62(60)64-40-82-84(42-66(64)69)103-27-25-101-82/h4-15,28-45,88H,16-27H2,1-3H3. The molecule has 0 saturated heterocycles. The van der Waals surface area contributed by atoms with Gasteiger partial charge in [0.1, 0.15) is 26.4 Å². The summed E-state index contributed by atoms with van der Waals surface area (Å²) in [5.74, 6) is 12.3. The van der Waals surface area contributed by atoms with Crippen LogP contribution in [-0.4, -0.2) is 91.2 Å². The second kappa shape index (κ2) is 28.8. The lowest BCUT2D eigenvalue weighted by Gasteiger charge is -2.23. The lowest BCUT2D eigenvalue weighted by atomic mass is 9.85. The molecule has 0 fully saturated rings. The fraction of sp³-hybridized carbons (Fsp3) is 0.182. The van der Waals surface area contributed by atoms with E-state index >= 15 is 0 Å². The maximum Gasteiger partial charge on any atom is 0.162 e. The van der Waals surface area contributed by atoms with Gasteiger partial charge in [0.15, 0.2) is 23.0 Å². The molecule has 15 aromatic rings. The second-order valence-corrected chi connectivity index (χ2v) is 41.8. The molecule has 0 amide bonds. The van der Waals surface area contributed by atoms with Gasteiger partial charge in [-0.05, 0) is 278 Å². The molecule has 0 bridgehead atoms. The van der Waals surface area contributed by atoms with E-state index in [2.05, 4.69) is 201 Å². The first-order chi connectivity index (χ1) is 52.3. The zero-order valence-corrected chi connectivity index (χ0v) is 69.2. The third kappa shape index (κ3) is 12.3. The number of hydrogen-bond acceptors (Lipinski definition) is 18. The zero-order chi connectivity index (χ0) is 70.3. The van der Waals surface area contributed by atoms with Gasteiger partial charge in [0.2, 0.25) is 0 Å². The normalized spacial score (nSPS) is 15.5. The van der Waals surface area contributed by atoms with Crippen molar-refractivity contribution in [3.63, 3.8) is 0 Å². The van der Waals surface area contributed by atoms with Crippen LogP contribution in [0.4, 0.5) is 0 Å². The van der Waals surface area contributed by atoms with Gasteiger partial charge in [-0.15, -0.1) is 129 Å². The molecule has 21 rings (SSSR count). The Morgan fingerprint density at radius 2 is 0.406 bits per heavy atom. The molecule has 524 valence electrons. The van der Waals surface area contributed by atoms with Crippen LogP contribution in [0.3, 0.4) is 0 Å². The van der Waals surface area contributed by atoms with Gasteiger partial charge in [0, 0.05) is 135 Å². The first-order valence-electron chi connectivity index (χ1n) is 35.4. The molecular formula is C88H64O4S14. The van der Waals surface area contributed by atoms with E-state index in [4.69, 9.17) is 18.9 Å². The number of benzene rings is 15.